The van der Waals surface area contributed by atoms with E-state index in [-0.39, 0.29) is 39.2 Å². The van der Waals surface area contributed by atoms with Crippen LogP contribution in [0.4, 0.5) is 0 Å². The molecule has 5 aliphatic carbocycles. The first-order valence-electron chi connectivity index (χ1n) is 14.5. The van der Waals surface area contributed by atoms with E-state index in [4.69, 9.17) is 9.47 Å². The van der Waals surface area contributed by atoms with Gasteiger partial charge in [-0.25, -0.2) is 0 Å². The highest BCUT2D eigenvalue weighted by Gasteiger charge is 2.70. The summed E-state index contributed by atoms with van der Waals surface area (Å²) in [5, 5.41) is 0. The molecule has 5 saturated carbocycles. The van der Waals surface area contributed by atoms with Crippen molar-refractivity contribution in [3.8, 4) is 0 Å². The van der Waals surface area contributed by atoms with E-state index in [1.54, 1.807) is 0 Å². The van der Waals surface area contributed by atoms with Gasteiger partial charge in [0, 0.05) is 12.8 Å². The van der Waals surface area contributed by atoms with E-state index >= 15 is 0 Å². The molecule has 1 spiro atoms. The number of alkyl halides is 1. The van der Waals surface area contributed by atoms with Gasteiger partial charge >= 0.3 is 5.97 Å². The van der Waals surface area contributed by atoms with Gasteiger partial charge in [0.2, 0.25) is 0 Å². The van der Waals surface area contributed by atoms with Crippen LogP contribution in [0.15, 0.2) is 0 Å². The second kappa shape index (κ2) is 8.29. The highest BCUT2D eigenvalue weighted by atomic mass is 79.9. The predicted molar refractivity (Wildman–Crippen MR) is 139 cm³/mol. The molecule has 1 heterocycles. The molecule has 0 aromatic heterocycles. The number of hydrogen-bond acceptors (Lipinski definition) is 4. The van der Waals surface area contributed by atoms with Crippen molar-refractivity contribution in [1.82, 2.24) is 0 Å². The number of carbonyl (C=O) groups excluding carboxylic acids is 2. The van der Waals surface area contributed by atoms with Gasteiger partial charge in [-0.1, -0.05) is 43.6 Å². The zero-order valence-electron chi connectivity index (χ0n) is 22.4. The summed E-state index contributed by atoms with van der Waals surface area (Å²) in [5.74, 6) is 3.74. The first-order valence-corrected chi connectivity index (χ1v) is 15.4. The van der Waals surface area contributed by atoms with Crippen LogP contribution in [0, 0.1) is 52.3 Å². The van der Waals surface area contributed by atoms with Gasteiger partial charge in [-0.2, -0.15) is 0 Å². The number of ether oxygens (including phenoxy) is 2. The minimum Gasteiger partial charge on any atom is -0.463 e. The number of esters is 1. The summed E-state index contributed by atoms with van der Waals surface area (Å²) in [6, 6.07) is 0. The Morgan fingerprint density at radius 3 is 2.34 bits per heavy atom. The maximum absolute atomic E-state index is 13.9. The summed E-state index contributed by atoms with van der Waals surface area (Å²) in [4.78, 5) is 25.4. The lowest BCUT2D eigenvalue weighted by Gasteiger charge is -2.61. The largest absolute Gasteiger partial charge is 0.463 e. The van der Waals surface area contributed by atoms with Crippen molar-refractivity contribution < 1.29 is 19.1 Å². The Morgan fingerprint density at radius 2 is 1.66 bits per heavy atom. The Balaban J connectivity index is 1.27. The second-order valence-corrected chi connectivity index (χ2v) is 15.1. The molecule has 0 bridgehead atoms. The van der Waals surface area contributed by atoms with Gasteiger partial charge in [0.05, 0.1) is 16.5 Å². The van der Waals surface area contributed by atoms with Gasteiger partial charge in [0.15, 0.2) is 5.78 Å². The third-order valence-corrected chi connectivity index (χ3v) is 13.8. The fourth-order valence-corrected chi connectivity index (χ4v) is 11.9. The number of rotatable bonds is 1. The molecular weight excluding hydrogens is 504 g/mol. The molecule has 6 aliphatic rings. The second-order valence-electron chi connectivity index (χ2n) is 14.2. The van der Waals surface area contributed by atoms with Crippen molar-refractivity contribution in [1.29, 1.82) is 0 Å². The van der Waals surface area contributed by atoms with Gasteiger partial charge < -0.3 is 9.47 Å². The quantitative estimate of drug-likeness (QED) is 0.269. The molecule has 11 unspecified atom stereocenters. The minimum atomic E-state index is -0.222. The summed E-state index contributed by atoms with van der Waals surface area (Å²) < 4.78 is 12.7. The van der Waals surface area contributed by atoms with Crippen molar-refractivity contribution in [2.75, 3.05) is 0 Å². The SMILES string of the molecule is CC(=O)OC1CCC2(C)C(C1)C(=O)C(Br)C1C2CCC2(C)C1CC1OC3(CCC(C)CC3)C(C)C12. The lowest BCUT2D eigenvalue weighted by Crippen LogP contribution is -2.61. The summed E-state index contributed by atoms with van der Waals surface area (Å²) >= 11 is 3.99. The summed E-state index contributed by atoms with van der Waals surface area (Å²) in [6.07, 6.45) is 11.6. The molecule has 0 N–H and O–H groups in total. The summed E-state index contributed by atoms with van der Waals surface area (Å²) in [5.41, 5.74) is 0.395. The van der Waals surface area contributed by atoms with Gasteiger partial charge in [0.1, 0.15) is 6.10 Å². The van der Waals surface area contributed by atoms with Crippen molar-refractivity contribution in [2.45, 2.75) is 121 Å². The molecule has 11 atom stereocenters. The Hall–Kier alpha value is -0.420. The van der Waals surface area contributed by atoms with Crippen molar-refractivity contribution in [3.63, 3.8) is 0 Å². The molecule has 4 nitrogen and oxygen atoms in total. The van der Waals surface area contributed by atoms with E-state index in [0.29, 0.717) is 47.9 Å². The van der Waals surface area contributed by atoms with Crippen LogP contribution in [-0.4, -0.2) is 34.4 Å². The predicted octanol–water partition coefficient (Wildman–Crippen LogP) is 6.72. The monoisotopic (exact) mass is 548 g/mol. The van der Waals surface area contributed by atoms with E-state index in [1.807, 2.05) is 0 Å². The number of halogens is 1. The fraction of sp³-hybridized carbons (Fsp3) is 0.933. The Morgan fingerprint density at radius 1 is 0.971 bits per heavy atom. The topological polar surface area (TPSA) is 52.6 Å². The van der Waals surface area contributed by atoms with Crippen LogP contribution >= 0.6 is 15.9 Å². The zero-order chi connectivity index (χ0) is 24.9. The van der Waals surface area contributed by atoms with Gasteiger partial charge in [-0.3, -0.25) is 9.59 Å². The van der Waals surface area contributed by atoms with Crippen LogP contribution in [0.5, 0.6) is 0 Å². The molecule has 196 valence electrons. The molecule has 6 fully saturated rings. The van der Waals surface area contributed by atoms with Crippen LogP contribution in [0.1, 0.15) is 98.8 Å². The Kier molecular flexibility index (Phi) is 5.89. The number of hydrogen-bond donors (Lipinski definition) is 0. The molecule has 6 rings (SSSR count). The van der Waals surface area contributed by atoms with E-state index < -0.39 is 0 Å². The van der Waals surface area contributed by atoms with E-state index in [1.165, 1.54) is 45.4 Å². The summed E-state index contributed by atoms with van der Waals surface area (Å²) in [7, 11) is 0. The third-order valence-electron chi connectivity index (χ3n) is 12.7. The average molecular weight is 550 g/mol. The molecule has 35 heavy (non-hydrogen) atoms. The summed E-state index contributed by atoms with van der Waals surface area (Å²) in [6.45, 7) is 11.4. The highest BCUT2D eigenvalue weighted by molar-refractivity contribution is 9.10. The molecule has 0 aromatic carbocycles. The van der Waals surface area contributed by atoms with E-state index in [9.17, 15) is 9.59 Å². The van der Waals surface area contributed by atoms with E-state index in [0.717, 1.165) is 25.2 Å². The highest BCUT2D eigenvalue weighted by Crippen LogP contribution is 2.71. The molecular formula is C30H45BrO4. The lowest BCUT2D eigenvalue weighted by molar-refractivity contribution is -0.169. The van der Waals surface area contributed by atoms with Crippen LogP contribution < -0.4 is 0 Å². The smallest absolute Gasteiger partial charge is 0.302 e. The van der Waals surface area contributed by atoms with Crippen molar-refractivity contribution in [3.05, 3.63) is 0 Å². The molecule has 5 heteroatoms. The van der Waals surface area contributed by atoms with Crippen molar-refractivity contribution in [2.24, 2.45) is 52.3 Å². The molecule has 0 radical (unpaired) electrons. The Labute approximate surface area is 220 Å². The first-order chi connectivity index (χ1) is 16.5. The minimum absolute atomic E-state index is 0.000782. The number of carbonyl (C=O) groups is 2. The van der Waals surface area contributed by atoms with Gasteiger partial charge in [0.25, 0.3) is 0 Å². The lowest BCUT2D eigenvalue weighted by atomic mass is 9.44. The standard InChI is InChI=1S/C30H45BrO4/c1-16-6-12-30(13-7-16)17(2)25-23(35-30)15-21-24-20(9-11-29(21,25)5)28(4)10-8-19(34-18(3)32)14-22(28)27(33)26(24)31/h16-17,19-26H,6-15H2,1-5H3. The number of ketones is 1. The third kappa shape index (κ3) is 3.45. The average Bonchev–Trinajstić information content (AvgIpc) is 3.25. The zero-order valence-corrected chi connectivity index (χ0v) is 23.9. The maximum Gasteiger partial charge on any atom is 0.302 e. The Bertz CT molecular complexity index is 895. The van der Waals surface area contributed by atoms with Crippen LogP contribution in [0.25, 0.3) is 0 Å². The fourth-order valence-electron chi connectivity index (χ4n) is 10.9. The normalized spacial score (nSPS) is 57.3. The van der Waals surface area contributed by atoms with Gasteiger partial charge in [-0.15, -0.1) is 0 Å². The maximum atomic E-state index is 13.9. The molecule has 1 aliphatic heterocycles. The molecule has 1 saturated heterocycles. The number of Topliss-reactive ketones (excluding diaryl/α,β-unsaturated/α-hetero) is 1. The van der Waals surface area contributed by atoms with Crippen molar-refractivity contribution >= 4 is 27.7 Å². The molecule has 0 amide bonds. The number of fused-ring (bicyclic) bond motifs is 7. The van der Waals surface area contributed by atoms with Crippen LogP contribution in [-0.2, 0) is 19.1 Å². The molecule has 0 aromatic rings. The first kappa shape index (κ1) is 24.9. The van der Waals surface area contributed by atoms with Crippen LogP contribution in [0.3, 0.4) is 0 Å². The van der Waals surface area contributed by atoms with E-state index in [2.05, 4.69) is 43.6 Å². The van der Waals surface area contributed by atoms with Crippen LogP contribution in [0.2, 0.25) is 0 Å². The van der Waals surface area contributed by atoms with Gasteiger partial charge in [-0.05, 0) is 111 Å².